The van der Waals surface area contributed by atoms with Gasteiger partial charge < -0.3 is 20.9 Å². The molecule has 9 heteroatoms. The molecule has 0 bridgehead atoms. The largest absolute Gasteiger partial charge is 0.368 e. The maximum atomic E-state index is 12.6. The Morgan fingerprint density at radius 1 is 1.33 bits per heavy atom. The first-order valence-electron chi connectivity index (χ1n) is 8.61. The van der Waals surface area contributed by atoms with Crippen molar-refractivity contribution in [2.75, 3.05) is 23.3 Å². The topological polar surface area (TPSA) is 99.9 Å². The van der Waals surface area contributed by atoms with Crippen LogP contribution in [0.25, 0.3) is 11.0 Å². The first-order chi connectivity index (χ1) is 13.0. The highest BCUT2D eigenvalue weighted by atomic mass is 35.5. The molecule has 0 aliphatic carbocycles. The Morgan fingerprint density at radius 3 is 2.96 bits per heavy atom. The molecular formula is C18H18Cl2N6O. The monoisotopic (exact) mass is 404 g/mol. The highest BCUT2D eigenvalue weighted by molar-refractivity contribution is 6.35. The minimum Gasteiger partial charge on any atom is -0.368 e. The van der Waals surface area contributed by atoms with Gasteiger partial charge in [-0.1, -0.05) is 23.2 Å². The number of carbonyl (C=O) groups is 1. The average Bonchev–Trinajstić information content (AvgIpc) is 3.04. The number of nitrogens with one attached hydrogen (secondary N) is 2. The molecule has 7 nitrogen and oxygen atoms in total. The molecule has 4 rings (SSSR count). The molecule has 0 unspecified atom stereocenters. The van der Waals surface area contributed by atoms with E-state index in [4.69, 9.17) is 28.9 Å². The Kier molecular flexibility index (Phi) is 4.90. The van der Waals surface area contributed by atoms with Crippen LogP contribution in [0.1, 0.15) is 23.2 Å². The molecule has 1 fully saturated rings. The minimum atomic E-state index is -0.313. The van der Waals surface area contributed by atoms with Gasteiger partial charge in [0.05, 0.1) is 38.6 Å². The number of nitrogens with zero attached hydrogens (tertiary/aromatic N) is 3. The lowest BCUT2D eigenvalue weighted by molar-refractivity contribution is 0.102. The van der Waals surface area contributed by atoms with Crippen LogP contribution in [0.5, 0.6) is 0 Å². The van der Waals surface area contributed by atoms with Crippen LogP contribution in [0.4, 0.5) is 11.4 Å². The highest BCUT2D eigenvalue weighted by Gasteiger charge is 2.24. The number of pyridine rings is 2. The molecule has 4 heterocycles. The molecule has 1 aliphatic rings. The Labute approximate surface area is 165 Å². The van der Waals surface area contributed by atoms with Crippen molar-refractivity contribution in [1.82, 2.24) is 15.0 Å². The van der Waals surface area contributed by atoms with E-state index in [0.717, 1.165) is 30.5 Å². The predicted molar refractivity (Wildman–Crippen MR) is 108 cm³/mol. The first-order valence-corrected chi connectivity index (χ1v) is 9.36. The van der Waals surface area contributed by atoms with E-state index in [1.807, 2.05) is 0 Å². The highest BCUT2D eigenvalue weighted by Crippen LogP contribution is 2.38. The summed E-state index contributed by atoms with van der Waals surface area (Å²) in [5.74, 6) is -0.313. The third-order valence-electron chi connectivity index (χ3n) is 4.62. The average molecular weight is 405 g/mol. The first kappa shape index (κ1) is 18.0. The molecule has 0 radical (unpaired) electrons. The summed E-state index contributed by atoms with van der Waals surface area (Å²) < 4.78 is 0. The zero-order chi connectivity index (χ0) is 19.0. The number of hydrogen-bond donors (Lipinski definition) is 3. The Bertz CT molecular complexity index is 1000. The Morgan fingerprint density at radius 2 is 2.19 bits per heavy atom. The predicted octanol–water partition coefficient (Wildman–Crippen LogP) is 3.44. The van der Waals surface area contributed by atoms with Crippen molar-refractivity contribution >= 4 is 51.5 Å². The molecule has 1 atom stereocenters. The molecule has 27 heavy (non-hydrogen) atoms. The van der Waals surface area contributed by atoms with Gasteiger partial charge in [0.1, 0.15) is 5.65 Å². The molecular weight excluding hydrogens is 387 g/mol. The number of aromatic amines is 1. The molecule has 0 aromatic carbocycles. The fourth-order valence-electron chi connectivity index (χ4n) is 3.41. The number of H-pyrrole nitrogens is 1. The number of carbonyl (C=O) groups excluding carboxylic acids is 1. The van der Waals surface area contributed by atoms with E-state index < -0.39 is 0 Å². The van der Waals surface area contributed by atoms with Crippen molar-refractivity contribution in [2.45, 2.75) is 18.9 Å². The van der Waals surface area contributed by atoms with Gasteiger partial charge >= 0.3 is 0 Å². The summed E-state index contributed by atoms with van der Waals surface area (Å²) in [7, 11) is 0. The number of hydrogen-bond acceptors (Lipinski definition) is 5. The third-order valence-corrected chi connectivity index (χ3v) is 5.10. The van der Waals surface area contributed by atoms with Crippen LogP contribution in [0.2, 0.25) is 10.0 Å². The zero-order valence-electron chi connectivity index (χ0n) is 14.4. The van der Waals surface area contributed by atoms with E-state index in [1.165, 1.54) is 12.4 Å². The zero-order valence-corrected chi connectivity index (χ0v) is 15.9. The van der Waals surface area contributed by atoms with E-state index in [0.29, 0.717) is 33.5 Å². The summed E-state index contributed by atoms with van der Waals surface area (Å²) >= 11 is 12.4. The van der Waals surface area contributed by atoms with Gasteiger partial charge in [0.25, 0.3) is 5.91 Å². The quantitative estimate of drug-likeness (QED) is 0.620. The summed E-state index contributed by atoms with van der Waals surface area (Å²) in [4.78, 5) is 26.2. The van der Waals surface area contributed by atoms with Crippen LogP contribution in [-0.4, -0.2) is 40.0 Å². The van der Waals surface area contributed by atoms with E-state index in [1.54, 1.807) is 18.5 Å². The normalized spacial score (nSPS) is 17.3. The van der Waals surface area contributed by atoms with Gasteiger partial charge in [0.2, 0.25) is 0 Å². The Balaban J connectivity index is 1.73. The van der Waals surface area contributed by atoms with Gasteiger partial charge in [-0.05, 0) is 18.9 Å². The van der Waals surface area contributed by atoms with E-state index >= 15 is 0 Å². The van der Waals surface area contributed by atoms with Gasteiger partial charge in [-0.15, -0.1) is 0 Å². The number of nitrogens with two attached hydrogens (primary N) is 1. The lowest BCUT2D eigenvalue weighted by atomic mass is 10.1. The number of aromatic nitrogens is 3. The number of piperidine rings is 1. The maximum absolute atomic E-state index is 12.6. The SMILES string of the molecule is N[C@@H]1CCCN(c2c(Cl)cnc3[nH]cc(NC(=O)c4cncc(Cl)c4)c23)C1. The summed E-state index contributed by atoms with van der Waals surface area (Å²) in [5, 5.41) is 4.59. The van der Waals surface area contributed by atoms with Gasteiger partial charge in [-0.3, -0.25) is 9.78 Å². The van der Waals surface area contributed by atoms with Gasteiger partial charge in [0.15, 0.2) is 0 Å². The summed E-state index contributed by atoms with van der Waals surface area (Å²) in [6.07, 6.45) is 8.24. The summed E-state index contributed by atoms with van der Waals surface area (Å²) in [6.45, 7) is 1.55. The second-order valence-electron chi connectivity index (χ2n) is 6.57. The summed E-state index contributed by atoms with van der Waals surface area (Å²) in [6, 6.07) is 1.65. The molecule has 140 valence electrons. The van der Waals surface area contributed by atoms with Crippen LogP contribution < -0.4 is 16.0 Å². The van der Waals surface area contributed by atoms with Crippen molar-refractivity contribution < 1.29 is 4.79 Å². The van der Waals surface area contributed by atoms with Crippen molar-refractivity contribution in [3.63, 3.8) is 0 Å². The molecule has 1 saturated heterocycles. The molecule has 0 spiro atoms. The van der Waals surface area contributed by atoms with Crippen molar-refractivity contribution in [3.05, 3.63) is 46.5 Å². The second kappa shape index (κ2) is 7.34. The standard InChI is InChI=1S/C18H18Cl2N6O/c19-11-4-10(5-22-6-11)18(27)25-14-8-24-17-15(14)16(13(20)7-23-17)26-3-1-2-12(21)9-26/h4-8,12H,1-3,9,21H2,(H,23,24)(H,25,27)/t12-/m1/s1. The second-order valence-corrected chi connectivity index (χ2v) is 7.42. The van der Waals surface area contributed by atoms with Crippen molar-refractivity contribution in [2.24, 2.45) is 5.73 Å². The minimum absolute atomic E-state index is 0.0903. The van der Waals surface area contributed by atoms with Crippen LogP contribution in [0.15, 0.2) is 30.9 Å². The van der Waals surface area contributed by atoms with Crippen molar-refractivity contribution in [1.29, 1.82) is 0 Å². The number of fused-ring (bicyclic) bond motifs is 1. The molecule has 3 aromatic heterocycles. The smallest absolute Gasteiger partial charge is 0.257 e. The van der Waals surface area contributed by atoms with E-state index in [2.05, 4.69) is 25.2 Å². The molecule has 4 N–H and O–H groups in total. The third kappa shape index (κ3) is 3.58. The van der Waals surface area contributed by atoms with E-state index in [9.17, 15) is 4.79 Å². The maximum Gasteiger partial charge on any atom is 0.257 e. The number of amides is 1. The van der Waals surface area contributed by atoms with Crippen LogP contribution in [-0.2, 0) is 0 Å². The fraction of sp³-hybridized carbons (Fsp3) is 0.278. The fourth-order valence-corrected chi connectivity index (χ4v) is 3.84. The number of rotatable bonds is 3. The number of anilines is 2. The van der Waals surface area contributed by atoms with Crippen molar-refractivity contribution in [3.8, 4) is 0 Å². The molecule has 3 aromatic rings. The van der Waals surface area contributed by atoms with Gasteiger partial charge in [0, 0.05) is 37.7 Å². The number of halogens is 2. The molecule has 0 saturated carbocycles. The van der Waals surface area contributed by atoms with Crippen LogP contribution >= 0.6 is 23.2 Å². The van der Waals surface area contributed by atoms with Crippen LogP contribution in [0.3, 0.4) is 0 Å². The summed E-state index contributed by atoms with van der Waals surface area (Å²) in [5.41, 5.74) is 8.59. The van der Waals surface area contributed by atoms with Crippen LogP contribution in [0, 0.1) is 0 Å². The van der Waals surface area contributed by atoms with E-state index in [-0.39, 0.29) is 11.9 Å². The molecule has 1 aliphatic heterocycles. The Hall–Kier alpha value is -2.35. The lowest BCUT2D eigenvalue weighted by Gasteiger charge is -2.33. The van der Waals surface area contributed by atoms with Gasteiger partial charge in [-0.25, -0.2) is 4.98 Å². The lowest BCUT2D eigenvalue weighted by Crippen LogP contribution is -2.43. The van der Waals surface area contributed by atoms with Gasteiger partial charge in [-0.2, -0.15) is 0 Å². The molecule has 1 amide bonds.